The molecule has 12 heavy (non-hydrogen) atoms. The maximum absolute atomic E-state index is 9.76. The highest BCUT2D eigenvalue weighted by Gasteiger charge is 1.96. The largest absolute Gasteiger partial charge is 0.481 e. The molecule has 0 spiro atoms. The third-order valence-corrected chi connectivity index (χ3v) is 3.86. The summed E-state index contributed by atoms with van der Waals surface area (Å²) in [6.45, 7) is 1.98. The zero-order valence-electron chi connectivity index (χ0n) is 7.41. The molecule has 1 saturated heterocycles. The summed E-state index contributed by atoms with van der Waals surface area (Å²) in [5.74, 6) is 2.07. The highest BCUT2D eigenvalue weighted by Crippen LogP contribution is 2.29. The Morgan fingerprint density at radius 3 is 2.17 bits per heavy atom. The van der Waals surface area contributed by atoms with Gasteiger partial charge in [-0.2, -0.15) is 0 Å². The van der Waals surface area contributed by atoms with Gasteiger partial charge in [0, 0.05) is 17.9 Å². The minimum Gasteiger partial charge on any atom is -0.481 e. The molecular weight excluding hydrogens is 192 g/mol. The second-order valence-electron chi connectivity index (χ2n) is 2.49. The Labute approximate surface area is 81.9 Å². The highest BCUT2D eigenvalue weighted by atomic mass is 33.1. The predicted molar refractivity (Wildman–Crippen MR) is 56.7 cm³/mol. The molecule has 4 heteroatoms. The van der Waals surface area contributed by atoms with Gasteiger partial charge in [0.1, 0.15) is 0 Å². The van der Waals surface area contributed by atoms with E-state index in [2.05, 4.69) is 0 Å². The van der Waals surface area contributed by atoms with Gasteiger partial charge in [-0.05, 0) is 12.8 Å². The summed E-state index contributed by atoms with van der Waals surface area (Å²) in [5, 5.41) is 8.04. The molecule has 0 unspecified atom stereocenters. The van der Waals surface area contributed by atoms with Crippen molar-refractivity contribution in [1.82, 2.24) is 0 Å². The van der Waals surface area contributed by atoms with Crippen molar-refractivity contribution in [3.05, 3.63) is 0 Å². The third kappa shape index (κ3) is 10.2. The van der Waals surface area contributed by atoms with E-state index < -0.39 is 5.97 Å². The van der Waals surface area contributed by atoms with Gasteiger partial charge < -0.3 is 5.11 Å². The van der Waals surface area contributed by atoms with Crippen molar-refractivity contribution in [2.75, 3.05) is 11.5 Å². The molecule has 0 radical (unpaired) electrons. The van der Waals surface area contributed by atoms with Crippen LogP contribution in [0.5, 0.6) is 0 Å². The van der Waals surface area contributed by atoms with Gasteiger partial charge in [-0.3, -0.25) is 4.79 Å². The van der Waals surface area contributed by atoms with E-state index in [1.807, 2.05) is 28.5 Å². The second-order valence-corrected chi connectivity index (χ2v) is 5.20. The molecule has 2 nitrogen and oxygen atoms in total. The zero-order chi connectivity index (χ0) is 9.23. The number of hydrogen-bond acceptors (Lipinski definition) is 3. The van der Waals surface area contributed by atoms with E-state index in [4.69, 9.17) is 5.11 Å². The van der Waals surface area contributed by atoms with Crippen LogP contribution >= 0.6 is 21.6 Å². The topological polar surface area (TPSA) is 37.3 Å². The number of aliphatic carboxylic acids is 1. The summed E-state index contributed by atoms with van der Waals surface area (Å²) in [7, 11) is 3.98. The molecule has 1 heterocycles. The van der Waals surface area contributed by atoms with Crippen LogP contribution in [0.1, 0.15) is 32.6 Å². The summed E-state index contributed by atoms with van der Waals surface area (Å²) in [5.41, 5.74) is 0. The SMILES string of the molecule is C1CSSC1.CCCCC(=O)O. The lowest BCUT2D eigenvalue weighted by molar-refractivity contribution is -0.137. The van der Waals surface area contributed by atoms with Crippen LogP contribution < -0.4 is 0 Å². The van der Waals surface area contributed by atoms with Gasteiger partial charge in [-0.15, -0.1) is 0 Å². The first kappa shape index (κ1) is 12.2. The quantitative estimate of drug-likeness (QED) is 0.723. The molecular formula is C8H16O2S2. The van der Waals surface area contributed by atoms with Gasteiger partial charge >= 0.3 is 5.97 Å². The molecule has 0 aliphatic carbocycles. The van der Waals surface area contributed by atoms with E-state index in [1.54, 1.807) is 0 Å². The fraction of sp³-hybridized carbons (Fsp3) is 0.875. The highest BCUT2D eigenvalue weighted by molar-refractivity contribution is 8.77. The molecule has 0 aromatic carbocycles. The normalized spacial score (nSPS) is 15.1. The molecule has 0 aromatic rings. The molecule has 0 atom stereocenters. The Morgan fingerprint density at radius 1 is 1.42 bits per heavy atom. The zero-order valence-corrected chi connectivity index (χ0v) is 9.05. The van der Waals surface area contributed by atoms with Crippen LogP contribution in [-0.4, -0.2) is 22.6 Å². The first-order chi connectivity index (χ1) is 5.77. The maximum atomic E-state index is 9.76. The Morgan fingerprint density at radius 2 is 2.00 bits per heavy atom. The van der Waals surface area contributed by atoms with E-state index in [1.165, 1.54) is 17.9 Å². The average Bonchev–Trinajstić information content (AvgIpc) is 2.57. The van der Waals surface area contributed by atoms with Gasteiger partial charge in [0.25, 0.3) is 0 Å². The first-order valence-corrected chi connectivity index (χ1v) is 6.72. The molecule has 1 aliphatic rings. The van der Waals surface area contributed by atoms with Crippen molar-refractivity contribution in [3.63, 3.8) is 0 Å². The second kappa shape index (κ2) is 9.26. The van der Waals surface area contributed by atoms with Gasteiger partial charge in [-0.25, -0.2) is 0 Å². The first-order valence-electron chi connectivity index (χ1n) is 4.23. The fourth-order valence-electron chi connectivity index (χ4n) is 0.623. The molecule has 1 fully saturated rings. The van der Waals surface area contributed by atoms with Crippen LogP contribution in [0.4, 0.5) is 0 Å². The molecule has 72 valence electrons. The summed E-state index contributed by atoms with van der Waals surface area (Å²) >= 11 is 0. The van der Waals surface area contributed by atoms with Crippen LogP contribution in [0.15, 0.2) is 0 Å². The number of hydrogen-bond donors (Lipinski definition) is 1. The molecule has 1 rings (SSSR count). The van der Waals surface area contributed by atoms with Crippen LogP contribution in [0.2, 0.25) is 0 Å². The van der Waals surface area contributed by atoms with Crippen LogP contribution in [0.3, 0.4) is 0 Å². The van der Waals surface area contributed by atoms with Gasteiger partial charge in [0.05, 0.1) is 0 Å². The molecule has 0 bridgehead atoms. The lowest BCUT2D eigenvalue weighted by atomic mass is 10.3. The van der Waals surface area contributed by atoms with Gasteiger partial charge in [0.15, 0.2) is 0 Å². The van der Waals surface area contributed by atoms with E-state index >= 15 is 0 Å². The lowest BCUT2D eigenvalue weighted by Crippen LogP contribution is -1.91. The van der Waals surface area contributed by atoms with E-state index in [9.17, 15) is 4.79 Å². The molecule has 0 saturated carbocycles. The fourth-order valence-corrected chi connectivity index (χ4v) is 2.98. The van der Waals surface area contributed by atoms with Crippen molar-refractivity contribution in [1.29, 1.82) is 0 Å². The predicted octanol–water partition coefficient (Wildman–Crippen LogP) is 3.03. The molecule has 1 aliphatic heterocycles. The van der Waals surface area contributed by atoms with E-state index in [0.717, 1.165) is 12.8 Å². The van der Waals surface area contributed by atoms with E-state index in [-0.39, 0.29) is 0 Å². The summed E-state index contributed by atoms with van der Waals surface area (Å²) < 4.78 is 0. The third-order valence-electron chi connectivity index (χ3n) is 1.28. The lowest BCUT2D eigenvalue weighted by Gasteiger charge is -1.85. The van der Waals surface area contributed by atoms with Crippen LogP contribution in [0.25, 0.3) is 0 Å². The minimum atomic E-state index is -0.693. The molecule has 0 amide bonds. The number of rotatable bonds is 3. The van der Waals surface area contributed by atoms with Crippen molar-refractivity contribution in [2.45, 2.75) is 32.6 Å². The van der Waals surface area contributed by atoms with Gasteiger partial charge in [-0.1, -0.05) is 34.9 Å². The molecule has 0 aromatic heterocycles. The van der Waals surface area contributed by atoms with Crippen molar-refractivity contribution < 1.29 is 9.90 Å². The number of carbonyl (C=O) groups is 1. The van der Waals surface area contributed by atoms with Crippen molar-refractivity contribution in [2.24, 2.45) is 0 Å². The Kier molecular flexibility index (Phi) is 9.39. The Hall–Kier alpha value is 0.170. The standard InChI is InChI=1S/C5H10O2.C3H6S2/c1-2-3-4-5(6)7;1-2-4-5-3-1/h2-4H2,1H3,(H,6,7);1-3H2. The van der Waals surface area contributed by atoms with Gasteiger partial charge in [0.2, 0.25) is 0 Å². The van der Waals surface area contributed by atoms with Crippen molar-refractivity contribution in [3.8, 4) is 0 Å². The monoisotopic (exact) mass is 208 g/mol. The summed E-state index contributed by atoms with van der Waals surface area (Å²) in [6, 6.07) is 0. The number of carboxylic acids is 1. The Balaban J connectivity index is 0.000000211. The van der Waals surface area contributed by atoms with E-state index in [0.29, 0.717) is 6.42 Å². The number of carboxylic acid groups (broad SMARTS) is 1. The average molecular weight is 208 g/mol. The smallest absolute Gasteiger partial charge is 0.303 e. The summed E-state index contributed by atoms with van der Waals surface area (Å²) in [6.07, 6.45) is 3.51. The van der Waals surface area contributed by atoms with Crippen molar-refractivity contribution >= 4 is 27.6 Å². The number of unbranched alkanes of at least 4 members (excludes halogenated alkanes) is 1. The van der Waals surface area contributed by atoms with Crippen LogP contribution in [0, 0.1) is 0 Å². The minimum absolute atomic E-state index is 0.316. The van der Waals surface area contributed by atoms with Crippen LogP contribution in [-0.2, 0) is 4.79 Å². The molecule has 1 N–H and O–H groups in total. The summed E-state index contributed by atoms with van der Waals surface area (Å²) in [4.78, 5) is 9.76. The Bertz CT molecular complexity index is 106. The maximum Gasteiger partial charge on any atom is 0.303 e.